The van der Waals surface area contributed by atoms with Gasteiger partial charge in [-0.1, -0.05) is 12.1 Å². The van der Waals surface area contributed by atoms with E-state index in [4.69, 9.17) is 9.47 Å². The molecule has 2 aromatic rings. The van der Waals surface area contributed by atoms with Gasteiger partial charge in [-0.3, -0.25) is 4.79 Å². The Balaban J connectivity index is 1.47. The topological polar surface area (TPSA) is 42.0 Å². The lowest BCUT2D eigenvalue weighted by atomic mass is 10.0. The molecule has 0 aromatic heterocycles. The van der Waals surface area contributed by atoms with E-state index < -0.39 is 0 Å². The van der Waals surface area contributed by atoms with Crippen LogP contribution in [-0.4, -0.2) is 63.2 Å². The number of hydrogen-bond donors (Lipinski definition) is 0. The second-order valence-electron chi connectivity index (χ2n) is 7.82. The molecule has 0 fully saturated rings. The Morgan fingerprint density at radius 1 is 1.03 bits per heavy atom. The Morgan fingerprint density at radius 3 is 2.37 bits per heavy atom. The number of benzene rings is 2. The zero-order valence-corrected chi connectivity index (χ0v) is 18.1. The summed E-state index contributed by atoms with van der Waals surface area (Å²) >= 11 is 0. The van der Waals surface area contributed by atoms with Crippen LogP contribution in [0.4, 0.5) is 4.39 Å². The van der Waals surface area contributed by atoms with Crippen LogP contribution in [0.2, 0.25) is 0 Å². The number of amides is 1. The number of halogens is 1. The van der Waals surface area contributed by atoms with Crippen molar-refractivity contribution in [3.63, 3.8) is 0 Å². The van der Waals surface area contributed by atoms with Gasteiger partial charge in [-0.25, -0.2) is 4.39 Å². The first kappa shape index (κ1) is 22.1. The van der Waals surface area contributed by atoms with Gasteiger partial charge in [0.1, 0.15) is 5.82 Å². The van der Waals surface area contributed by atoms with E-state index in [9.17, 15) is 9.18 Å². The number of carbonyl (C=O) groups is 1. The summed E-state index contributed by atoms with van der Waals surface area (Å²) in [5, 5.41) is 0. The summed E-state index contributed by atoms with van der Waals surface area (Å²) < 4.78 is 23.8. The van der Waals surface area contributed by atoms with E-state index in [1.54, 1.807) is 14.2 Å². The van der Waals surface area contributed by atoms with Gasteiger partial charge in [0.05, 0.1) is 20.6 Å². The average molecular weight is 415 g/mol. The van der Waals surface area contributed by atoms with Crippen molar-refractivity contribution in [3.8, 4) is 11.5 Å². The molecule has 0 saturated heterocycles. The van der Waals surface area contributed by atoms with E-state index >= 15 is 0 Å². The second kappa shape index (κ2) is 10.4. The molecule has 3 rings (SSSR count). The van der Waals surface area contributed by atoms with Gasteiger partial charge in [0.15, 0.2) is 11.5 Å². The van der Waals surface area contributed by atoms with E-state index in [1.165, 1.54) is 12.1 Å². The fraction of sp³-hybridized carbons (Fsp3) is 0.458. The van der Waals surface area contributed by atoms with Crippen LogP contribution < -0.4 is 9.47 Å². The Labute approximate surface area is 178 Å². The van der Waals surface area contributed by atoms with Crippen LogP contribution in [0.5, 0.6) is 11.5 Å². The smallest absolute Gasteiger partial charge is 0.227 e. The van der Waals surface area contributed by atoms with Crippen molar-refractivity contribution in [2.24, 2.45) is 0 Å². The monoisotopic (exact) mass is 414 g/mol. The number of methoxy groups -OCH3 is 2. The van der Waals surface area contributed by atoms with Gasteiger partial charge in [-0.05, 0) is 73.8 Å². The highest BCUT2D eigenvalue weighted by molar-refractivity contribution is 5.80. The van der Waals surface area contributed by atoms with Gasteiger partial charge in [0, 0.05) is 19.6 Å². The zero-order valence-electron chi connectivity index (χ0n) is 18.1. The van der Waals surface area contributed by atoms with Gasteiger partial charge in [0.2, 0.25) is 5.91 Å². The van der Waals surface area contributed by atoms with Crippen LogP contribution in [0, 0.1) is 5.82 Å². The van der Waals surface area contributed by atoms with E-state index in [1.807, 2.05) is 29.2 Å². The van der Waals surface area contributed by atoms with Crippen molar-refractivity contribution in [1.82, 2.24) is 9.80 Å². The molecule has 162 valence electrons. The molecule has 1 amide bonds. The molecular formula is C24H31FN2O3. The number of rotatable bonds is 9. The first-order valence-corrected chi connectivity index (χ1v) is 10.4. The Kier molecular flexibility index (Phi) is 7.69. The molecule has 0 aliphatic carbocycles. The third-order valence-electron chi connectivity index (χ3n) is 5.71. The maximum atomic E-state index is 13.0. The average Bonchev–Trinajstić information content (AvgIpc) is 2.90. The molecule has 0 saturated carbocycles. The van der Waals surface area contributed by atoms with Crippen molar-refractivity contribution in [2.45, 2.75) is 25.7 Å². The normalized spacial score (nSPS) is 13.9. The van der Waals surface area contributed by atoms with Crippen molar-refractivity contribution in [1.29, 1.82) is 0 Å². The third kappa shape index (κ3) is 5.72. The molecule has 0 N–H and O–H groups in total. The Hall–Kier alpha value is -2.60. The molecular weight excluding hydrogens is 383 g/mol. The molecule has 1 aliphatic heterocycles. The summed E-state index contributed by atoms with van der Waals surface area (Å²) in [4.78, 5) is 17.0. The zero-order chi connectivity index (χ0) is 21.5. The molecule has 0 bridgehead atoms. The highest BCUT2D eigenvalue weighted by Gasteiger charge is 2.22. The quantitative estimate of drug-likeness (QED) is 0.631. The summed E-state index contributed by atoms with van der Waals surface area (Å²) in [5.74, 6) is 1.34. The lowest BCUT2D eigenvalue weighted by Crippen LogP contribution is -2.35. The third-order valence-corrected chi connectivity index (χ3v) is 5.71. The van der Waals surface area contributed by atoms with Crippen LogP contribution in [0.15, 0.2) is 36.4 Å². The fourth-order valence-electron chi connectivity index (χ4n) is 3.87. The van der Waals surface area contributed by atoms with Crippen LogP contribution in [0.1, 0.15) is 23.1 Å². The Morgan fingerprint density at radius 2 is 1.70 bits per heavy atom. The van der Waals surface area contributed by atoms with Gasteiger partial charge < -0.3 is 19.3 Å². The van der Waals surface area contributed by atoms with Crippen molar-refractivity contribution < 1.29 is 18.7 Å². The minimum absolute atomic E-state index is 0.162. The molecule has 0 unspecified atom stereocenters. The molecule has 1 aliphatic rings. The van der Waals surface area contributed by atoms with Gasteiger partial charge >= 0.3 is 0 Å². The first-order valence-electron chi connectivity index (χ1n) is 10.4. The number of ether oxygens (including phenoxy) is 2. The second-order valence-corrected chi connectivity index (χ2v) is 7.82. The SMILES string of the molecule is COc1cc2c(cc1OC)CC(=O)N(CCCN(C)CCc1ccc(F)cc1)CC2. The van der Waals surface area contributed by atoms with Gasteiger partial charge in [-0.15, -0.1) is 0 Å². The molecule has 6 heteroatoms. The van der Waals surface area contributed by atoms with Gasteiger partial charge in [0.25, 0.3) is 0 Å². The number of hydrogen-bond acceptors (Lipinski definition) is 4. The summed E-state index contributed by atoms with van der Waals surface area (Å²) in [6.07, 6.45) is 3.03. The van der Waals surface area contributed by atoms with Crippen LogP contribution >= 0.6 is 0 Å². The van der Waals surface area contributed by atoms with Crippen LogP contribution in [-0.2, 0) is 24.1 Å². The largest absolute Gasteiger partial charge is 0.493 e. The molecule has 0 radical (unpaired) electrons. The van der Waals surface area contributed by atoms with E-state index in [-0.39, 0.29) is 11.7 Å². The molecule has 30 heavy (non-hydrogen) atoms. The van der Waals surface area contributed by atoms with Crippen molar-refractivity contribution in [2.75, 3.05) is 47.4 Å². The summed E-state index contributed by atoms with van der Waals surface area (Å²) in [7, 11) is 5.33. The number of carbonyl (C=O) groups excluding carboxylic acids is 1. The predicted octanol–water partition coefficient (Wildman–Crippen LogP) is 3.33. The Bertz CT molecular complexity index is 854. The number of nitrogens with zero attached hydrogens (tertiary/aromatic N) is 2. The van der Waals surface area contributed by atoms with Gasteiger partial charge in [-0.2, -0.15) is 0 Å². The summed E-state index contributed by atoms with van der Waals surface area (Å²) in [6.45, 7) is 3.30. The summed E-state index contributed by atoms with van der Waals surface area (Å²) in [6, 6.07) is 10.6. The molecule has 2 aromatic carbocycles. The van der Waals surface area contributed by atoms with E-state index in [2.05, 4.69) is 11.9 Å². The number of likely N-dealkylation sites (N-methyl/N-ethyl adjacent to an activating group) is 1. The van der Waals surface area contributed by atoms with Crippen molar-refractivity contribution in [3.05, 3.63) is 58.9 Å². The maximum absolute atomic E-state index is 13.0. The van der Waals surface area contributed by atoms with Crippen molar-refractivity contribution >= 4 is 5.91 Å². The highest BCUT2D eigenvalue weighted by Crippen LogP contribution is 2.32. The molecule has 0 atom stereocenters. The minimum Gasteiger partial charge on any atom is -0.493 e. The summed E-state index contributed by atoms with van der Waals surface area (Å²) in [5.41, 5.74) is 3.31. The number of fused-ring (bicyclic) bond motifs is 1. The lowest BCUT2D eigenvalue weighted by molar-refractivity contribution is -0.130. The highest BCUT2D eigenvalue weighted by atomic mass is 19.1. The first-order chi connectivity index (χ1) is 14.5. The van der Waals surface area contributed by atoms with E-state index in [0.29, 0.717) is 17.9 Å². The molecule has 5 nitrogen and oxygen atoms in total. The molecule has 1 heterocycles. The van der Waals surface area contributed by atoms with E-state index in [0.717, 1.165) is 62.1 Å². The predicted molar refractivity (Wildman–Crippen MR) is 116 cm³/mol. The van der Waals surface area contributed by atoms with Crippen LogP contribution in [0.25, 0.3) is 0 Å². The lowest BCUT2D eigenvalue weighted by Gasteiger charge is -2.22. The molecule has 0 spiro atoms. The van der Waals surface area contributed by atoms with Crippen LogP contribution in [0.3, 0.4) is 0 Å². The fourth-order valence-corrected chi connectivity index (χ4v) is 3.87. The minimum atomic E-state index is -0.201. The maximum Gasteiger partial charge on any atom is 0.227 e. The standard InChI is InChI=1S/C24H31FN2O3/c1-26(13-9-18-5-7-21(25)8-6-18)11-4-12-27-14-10-19-15-22(29-2)23(30-3)16-20(19)17-24(27)28/h5-8,15-16H,4,9-14,17H2,1-3H3.